The summed E-state index contributed by atoms with van der Waals surface area (Å²) < 4.78 is 0. The number of aryl methyl sites for hydroxylation is 2. The molecule has 8 heterocycles. The molecule has 40 heteroatoms. The van der Waals surface area contributed by atoms with Crippen LogP contribution in [0.25, 0.3) is 0 Å². The number of para-hydroxylation sites is 2. The van der Waals surface area contributed by atoms with Crippen LogP contribution in [0.4, 0.5) is 11.4 Å². The molecule has 3 fully saturated rings. The molecule has 8 aromatic carbocycles. The van der Waals surface area contributed by atoms with Gasteiger partial charge in [0.25, 0.3) is 0 Å². The molecule has 0 aromatic heterocycles. The minimum atomic E-state index is -0.0696. The van der Waals surface area contributed by atoms with E-state index in [2.05, 4.69) is 293 Å². The fraction of sp³-hybridized carbons (Fsp3) is 0.407. The number of aliphatic imine (C=N–C) groups is 16. The Morgan fingerprint density at radius 2 is 0.541 bits per heavy atom. The molecule has 0 amide bonds. The van der Waals surface area contributed by atoms with E-state index in [0.717, 1.165) is 171 Å². The quantitative estimate of drug-likeness (QED) is 0.0316. The molecule has 16 N–H and O–H groups in total. The van der Waals surface area contributed by atoms with Gasteiger partial charge in [-0.15, -0.1) is 0 Å². The molecule has 8 atom stereocenters. The molecule has 3 saturated heterocycles. The summed E-state index contributed by atoms with van der Waals surface area (Å²) in [5, 5.41) is 51.6. The average Bonchev–Trinajstić information content (AvgIpc) is 0.832. The van der Waals surface area contributed by atoms with Gasteiger partial charge in [0.1, 0.15) is 30.8 Å². The van der Waals surface area contributed by atoms with Crippen LogP contribution in [0.1, 0.15) is 102 Å². The summed E-state index contributed by atoms with van der Waals surface area (Å²) in [5.41, 5.74) is 9.74. The Balaban J connectivity index is 0.000000188. The van der Waals surface area contributed by atoms with Gasteiger partial charge in [-0.05, 0) is 152 Å². The first-order valence-corrected chi connectivity index (χ1v) is 50.3. The lowest BCUT2D eigenvalue weighted by Crippen LogP contribution is -2.62. The first-order valence-electron chi connectivity index (χ1n) is 50.3. The molecule has 0 radical (unpaired) electrons. The molecule has 0 bridgehead atoms. The smallest absolute Gasteiger partial charge is 0.207 e. The van der Waals surface area contributed by atoms with Gasteiger partial charge in [-0.1, -0.05) is 218 Å². The van der Waals surface area contributed by atoms with Gasteiger partial charge in [-0.25, -0.2) is 39.9 Å². The maximum Gasteiger partial charge on any atom is 0.207 e. The highest BCUT2D eigenvalue weighted by Crippen LogP contribution is 2.15. The lowest BCUT2D eigenvalue weighted by atomic mass is 10.1. The fourth-order valence-electron chi connectivity index (χ4n) is 14.7. The molecule has 792 valence electrons. The van der Waals surface area contributed by atoms with E-state index in [4.69, 9.17) is 0 Å². The minimum absolute atomic E-state index is 0.0242. The zero-order chi connectivity index (χ0) is 106. The van der Waals surface area contributed by atoms with Crippen LogP contribution in [0.5, 0.6) is 0 Å². The predicted octanol–water partition coefficient (Wildman–Crippen LogP) is 9.59. The van der Waals surface area contributed by atoms with Crippen molar-refractivity contribution in [1.29, 1.82) is 0 Å². The lowest BCUT2D eigenvalue weighted by Gasteiger charge is -2.34. The third-order valence-corrected chi connectivity index (χ3v) is 22.4. The van der Waals surface area contributed by atoms with E-state index in [1.165, 1.54) is 33.4 Å². The van der Waals surface area contributed by atoms with Crippen LogP contribution in [0.3, 0.4) is 0 Å². The van der Waals surface area contributed by atoms with Gasteiger partial charge in [0.2, 0.25) is 77.5 Å². The van der Waals surface area contributed by atoms with E-state index < -0.39 is 0 Å². The molecule has 40 nitrogen and oxygen atoms in total. The number of nitrogens with one attached hydrogen (secondary N) is 16. The molecule has 16 rings (SSSR count). The Bertz CT molecular complexity index is 5790. The first kappa shape index (κ1) is 115. The number of guanidine groups is 16. The van der Waals surface area contributed by atoms with Crippen molar-refractivity contribution in [3.8, 4) is 0 Å². The number of hydrogen-bond donors (Lipinski definition) is 16. The van der Waals surface area contributed by atoms with E-state index in [-0.39, 0.29) is 49.3 Å². The van der Waals surface area contributed by atoms with E-state index in [1.807, 2.05) is 294 Å². The number of anilines is 2. The summed E-state index contributed by atoms with van der Waals surface area (Å²) in [6.45, 7) is 20.6. The van der Waals surface area contributed by atoms with E-state index >= 15 is 0 Å². The van der Waals surface area contributed by atoms with Crippen molar-refractivity contribution in [3.63, 3.8) is 0 Å². The fourth-order valence-corrected chi connectivity index (χ4v) is 14.7. The summed E-state index contributed by atoms with van der Waals surface area (Å²) in [6.07, 6.45) is 6.62. The van der Waals surface area contributed by atoms with Crippen LogP contribution in [0.2, 0.25) is 0 Å². The second kappa shape index (κ2) is 62.4. The highest BCUT2D eigenvalue weighted by atomic mass is 15.5. The average molecular weight is 2020 g/mol. The Labute approximate surface area is 877 Å². The molecule has 8 aliphatic rings. The summed E-state index contributed by atoms with van der Waals surface area (Å²) >= 11 is 0. The maximum absolute atomic E-state index is 4.64. The second-order valence-corrected chi connectivity index (χ2v) is 36.0. The highest BCUT2D eigenvalue weighted by Gasteiger charge is 2.27. The second-order valence-electron chi connectivity index (χ2n) is 36.0. The zero-order valence-corrected chi connectivity index (χ0v) is 90.9. The van der Waals surface area contributed by atoms with E-state index in [0.29, 0.717) is 13.1 Å². The van der Waals surface area contributed by atoms with Gasteiger partial charge in [-0.3, -0.25) is 80.8 Å². The molecule has 0 aliphatic carbocycles. The highest BCUT2D eigenvalue weighted by molar-refractivity contribution is 6.08. The first-order chi connectivity index (χ1) is 71.4. The molecule has 8 aliphatic heterocycles. The van der Waals surface area contributed by atoms with Crippen molar-refractivity contribution in [3.05, 3.63) is 276 Å². The van der Waals surface area contributed by atoms with Crippen molar-refractivity contribution >= 4 is 107 Å². The molecule has 0 spiro atoms. The van der Waals surface area contributed by atoms with E-state index in [9.17, 15) is 0 Å². The van der Waals surface area contributed by atoms with Crippen LogP contribution in [-0.4, -0.2) is 323 Å². The Morgan fingerprint density at radius 3 is 0.905 bits per heavy atom. The van der Waals surface area contributed by atoms with Crippen molar-refractivity contribution in [1.82, 2.24) is 114 Å². The lowest BCUT2D eigenvalue weighted by molar-refractivity contribution is 0.499. The van der Waals surface area contributed by atoms with Gasteiger partial charge in [0.05, 0.1) is 31.6 Å². The summed E-state index contributed by atoms with van der Waals surface area (Å²) in [4.78, 5) is 86.3. The molecule has 8 aromatic rings. The Morgan fingerprint density at radius 1 is 0.264 bits per heavy atom. The summed E-state index contributed by atoms with van der Waals surface area (Å²) in [5.74, 6) is 13.1. The zero-order valence-electron chi connectivity index (χ0n) is 90.9. The number of hydrogen-bond acceptors (Lipinski definition) is 23. The molecule has 148 heavy (non-hydrogen) atoms. The Kier molecular flexibility index (Phi) is 48.6. The standard InChI is InChI=1S/2C15H23N5.2C14H21N5.2C13H19N5.2C12H17N5/c1-12-17-14(19-15(18-12)20(2)3)16-11-7-10-13-8-5-4-6-9-13;1-12-18-14(16-2)20(3)15(19-12)17-11-7-10-13-8-5-4-6-9-13;1-11-16-13(18-14(17-11)19(2)3)15-10-9-12-7-5-4-6-8-12;1-11-17-13(15-2)19(3)14(18-11)16-10-9-12-7-5-4-6-8-12;1-10-15-12(17-13(16-10)18(2)3)14-9-11-7-5-4-6-8-11;1-10-16-12(14-2)18(3)13(17-10)15-9-11-7-5-4-6-8-11;1-9-13-11(16-12(14-9)17(2)3)15-10-7-5-4-6-8-10;1-9-14-11(13-2)17(3)12(15-9)16-10-7-5-4-6-8-10/h4-6,8-9,12H,7,10-11H2,1-3H3,(H2,16,17,18,19);4-6,8-9,12H,7,10-11H2,1-3H3,(H,16,18)(H,17,19);4-8,11H,9-10H2,1-3H3,(H2,15,16,17,18);4-8,11H,9-10H2,1-3H3,(H,15,17)(H,16,18);4-8,10H,9H2,1-3H3,(H2,14,15,16,17);4-8,10H,9H2,1-3H3,(H,14,16)(H,15,17);4-9H,1-3H3,(H2,13,14,15,16);4-9H,1-3H3,(H,13,14)(H,15,16). The predicted molar refractivity (Wildman–Crippen MR) is 618 cm³/mol. The van der Waals surface area contributed by atoms with Crippen LogP contribution < -0.4 is 85.1 Å². The van der Waals surface area contributed by atoms with Crippen LogP contribution in [0, 0.1) is 0 Å². The normalized spacial score (nSPS) is 21.6. The number of nitrogens with zero attached hydrogens (tertiary/aromatic N) is 24. The maximum atomic E-state index is 4.64. The third kappa shape index (κ3) is 41.4. The summed E-state index contributed by atoms with van der Waals surface area (Å²) in [7, 11) is 30.6. The molecular formula is C108H160N40. The van der Waals surface area contributed by atoms with E-state index in [1.54, 1.807) is 28.2 Å². The molecule has 8 unspecified atom stereocenters. The number of rotatable bonds is 20. The minimum Gasteiger partial charge on any atom is -0.349 e. The van der Waals surface area contributed by atoms with Crippen LogP contribution >= 0.6 is 0 Å². The number of benzene rings is 8. The van der Waals surface area contributed by atoms with Crippen molar-refractivity contribution in [2.75, 3.05) is 150 Å². The van der Waals surface area contributed by atoms with Crippen LogP contribution in [-0.2, 0) is 38.8 Å². The van der Waals surface area contributed by atoms with Crippen molar-refractivity contribution in [2.45, 2.75) is 156 Å². The van der Waals surface area contributed by atoms with Gasteiger partial charge in [0, 0.05) is 150 Å². The van der Waals surface area contributed by atoms with Crippen molar-refractivity contribution in [2.24, 2.45) is 79.9 Å². The van der Waals surface area contributed by atoms with Crippen LogP contribution in [0.15, 0.2) is 323 Å². The molecule has 0 saturated carbocycles. The van der Waals surface area contributed by atoms with Crippen molar-refractivity contribution < 1.29 is 0 Å². The SMILES string of the molecule is CC1N=C(N(C)C)NC(=NCCCc2ccccc2)N1.CC1N=C(N(C)C)NC(=NCCc2ccccc2)N1.CC1N=C(N(C)C)NC(=NCc2ccccc2)N1.CC1N=C(Nc2ccccc2)NC(N(C)C)=N1.CN=C1NC(C)N=C(Nc2ccccc2)N1C.CN=C1NC(C)NC(=NCCCc2ccccc2)N1C.CN=C1NC(C)NC(=NCCc2ccccc2)N1C.CN=C1NC(C)NC(=NCc2ccccc2)N1C. The van der Waals surface area contributed by atoms with Gasteiger partial charge >= 0.3 is 0 Å². The van der Waals surface area contributed by atoms with Gasteiger partial charge < -0.3 is 83.4 Å². The largest absolute Gasteiger partial charge is 0.349 e. The van der Waals surface area contributed by atoms with Gasteiger partial charge in [0.15, 0.2) is 17.9 Å². The Hall–Kier alpha value is -16.3. The monoisotopic (exact) mass is 2020 g/mol. The summed E-state index contributed by atoms with van der Waals surface area (Å²) in [6, 6.07) is 82.1. The third-order valence-electron chi connectivity index (χ3n) is 22.4. The van der Waals surface area contributed by atoms with Gasteiger partial charge in [-0.2, -0.15) is 0 Å². The topological polar surface area (TPSA) is 416 Å². The molecular weight excluding hydrogens is 1860 g/mol.